The van der Waals surface area contributed by atoms with Gasteiger partial charge in [-0.05, 0) is 36.4 Å². The third-order valence-electron chi connectivity index (χ3n) is 3.89. The van der Waals surface area contributed by atoms with Crippen molar-refractivity contribution >= 4 is 17.3 Å². The van der Waals surface area contributed by atoms with Crippen molar-refractivity contribution in [3.8, 4) is 10.8 Å². The normalized spacial score (nSPS) is 11.6. The Labute approximate surface area is 151 Å². The number of benzene rings is 1. The molecule has 0 atom stereocenters. The van der Waals surface area contributed by atoms with Gasteiger partial charge < -0.3 is 15.1 Å². The molecule has 0 aliphatic rings. The summed E-state index contributed by atoms with van der Waals surface area (Å²) in [4.78, 5) is 9.79. The van der Waals surface area contributed by atoms with Crippen molar-refractivity contribution in [2.45, 2.75) is 26.9 Å². The smallest absolute Gasteiger partial charge is 0.236 e. The first kappa shape index (κ1) is 17.2. The fourth-order valence-corrected chi connectivity index (χ4v) is 3.18. The summed E-state index contributed by atoms with van der Waals surface area (Å²) in [6.45, 7) is 5.52. The van der Waals surface area contributed by atoms with Gasteiger partial charge in [-0.25, -0.2) is 4.98 Å². The molecule has 25 heavy (non-hydrogen) atoms. The highest BCUT2D eigenvalue weighted by Crippen LogP contribution is 2.23. The summed E-state index contributed by atoms with van der Waals surface area (Å²) in [5, 5.41) is 8.61. The highest BCUT2D eigenvalue weighted by Gasteiger charge is 2.08. The Morgan fingerprint density at radius 2 is 2.04 bits per heavy atom. The molecule has 1 aromatic carbocycles. The predicted octanol–water partition coefficient (Wildman–Crippen LogP) is 3.89. The van der Waals surface area contributed by atoms with Crippen LogP contribution in [0.2, 0.25) is 0 Å². The standard InChI is InChI=1S/C19H22N4OS/c1-13-6-7-15(14(2)9-13)10-21-19(20-3)22-11-16-12-24-18(23-16)17-5-4-8-25-17/h4-9,12H,10-11H2,1-3H3,(H2,20,21,22). The third kappa shape index (κ3) is 4.48. The third-order valence-corrected chi connectivity index (χ3v) is 4.75. The Morgan fingerprint density at radius 3 is 2.76 bits per heavy atom. The van der Waals surface area contributed by atoms with Gasteiger partial charge in [0.25, 0.3) is 0 Å². The van der Waals surface area contributed by atoms with Crippen LogP contribution < -0.4 is 10.6 Å². The molecule has 0 aliphatic carbocycles. The number of aromatic nitrogens is 1. The number of nitrogens with one attached hydrogen (secondary N) is 2. The van der Waals surface area contributed by atoms with E-state index in [9.17, 15) is 0 Å². The summed E-state index contributed by atoms with van der Waals surface area (Å²) in [5.74, 6) is 1.39. The zero-order valence-electron chi connectivity index (χ0n) is 14.7. The lowest BCUT2D eigenvalue weighted by molar-refractivity contribution is 0.573. The fraction of sp³-hybridized carbons (Fsp3) is 0.263. The second kappa shape index (κ2) is 7.98. The van der Waals surface area contributed by atoms with Crippen molar-refractivity contribution in [3.05, 3.63) is 64.4 Å². The quantitative estimate of drug-likeness (QED) is 0.539. The van der Waals surface area contributed by atoms with Crippen molar-refractivity contribution in [1.29, 1.82) is 0 Å². The minimum absolute atomic E-state index is 0.557. The molecule has 0 spiro atoms. The average Bonchev–Trinajstić information content (AvgIpc) is 3.27. The Bertz CT molecular complexity index is 852. The predicted molar refractivity (Wildman–Crippen MR) is 103 cm³/mol. The molecule has 0 aliphatic heterocycles. The van der Waals surface area contributed by atoms with Gasteiger partial charge in [-0.3, -0.25) is 4.99 Å². The van der Waals surface area contributed by atoms with Crippen LogP contribution in [0.5, 0.6) is 0 Å². The van der Waals surface area contributed by atoms with Gasteiger partial charge in [-0.15, -0.1) is 11.3 Å². The molecule has 0 fully saturated rings. The van der Waals surface area contributed by atoms with Crippen molar-refractivity contribution in [2.24, 2.45) is 4.99 Å². The lowest BCUT2D eigenvalue weighted by Crippen LogP contribution is -2.36. The van der Waals surface area contributed by atoms with Crippen molar-refractivity contribution in [1.82, 2.24) is 15.6 Å². The van der Waals surface area contributed by atoms with E-state index in [1.54, 1.807) is 24.6 Å². The zero-order chi connectivity index (χ0) is 17.6. The minimum Gasteiger partial charge on any atom is -0.443 e. The van der Waals surface area contributed by atoms with E-state index in [2.05, 4.69) is 52.7 Å². The van der Waals surface area contributed by atoms with Crippen molar-refractivity contribution < 1.29 is 4.42 Å². The molecule has 0 amide bonds. The van der Waals surface area contributed by atoms with E-state index < -0.39 is 0 Å². The minimum atomic E-state index is 0.557. The number of aliphatic imine (C=N–C) groups is 1. The van der Waals surface area contributed by atoms with Gasteiger partial charge in [0.1, 0.15) is 6.26 Å². The molecule has 0 unspecified atom stereocenters. The van der Waals surface area contributed by atoms with E-state index in [0.717, 1.165) is 23.1 Å². The molecule has 0 bridgehead atoms. The summed E-state index contributed by atoms with van der Waals surface area (Å²) in [7, 11) is 1.76. The van der Waals surface area contributed by atoms with Gasteiger partial charge in [0.05, 0.1) is 17.1 Å². The molecule has 2 aromatic heterocycles. The van der Waals surface area contributed by atoms with Crippen LogP contribution in [0.15, 0.2) is 51.4 Å². The monoisotopic (exact) mass is 354 g/mol. The van der Waals surface area contributed by atoms with E-state index in [1.165, 1.54) is 16.7 Å². The summed E-state index contributed by atoms with van der Waals surface area (Å²) >= 11 is 1.61. The Kier molecular flexibility index (Phi) is 5.50. The fourth-order valence-electron chi connectivity index (χ4n) is 2.52. The lowest BCUT2D eigenvalue weighted by atomic mass is 10.1. The Balaban J connectivity index is 1.54. The number of nitrogens with zero attached hydrogens (tertiary/aromatic N) is 2. The maximum atomic E-state index is 5.53. The van der Waals surface area contributed by atoms with Gasteiger partial charge in [0.15, 0.2) is 5.96 Å². The highest BCUT2D eigenvalue weighted by molar-refractivity contribution is 7.13. The largest absolute Gasteiger partial charge is 0.443 e. The maximum Gasteiger partial charge on any atom is 0.236 e. The van der Waals surface area contributed by atoms with E-state index in [0.29, 0.717) is 12.4 Å². The maximum absolute atomic E-state index is 5.53. The number of thiophene rings is 1. The van der Waals surface area contributed by atoms with Gasteiger partial charge in [-0.1, -0.05) is 29.8 Å². The first-order valence-electron chi connectivity index (χ1n) is 8.14. The molecule has 130 valence electrons. The van der Waals surface area contributed by atoms with Gasteiger partial charge in [-0.2, -0.15) is 0 Å². The zero-order valence-corrected chi connectivity index (χ0v) is 15.5. The molecule has 0 saturated carbocycles. The average molecular weight is 354 g/mol. The first-order chi connectivity index (χ1) is 12.2. The Hall–Kier alpha value is -2.60. The summed E-state index contributed by atoms with van der Waals surface area (Å²) in [6, 6.07) is 10.4. The van der Waals surface area contributed by atoms with Crippen LogP contribution in [0.1, 0.15) is 22.4 Å². The second-order valence-corrected chi connectivity index (χ2v) is 6.78. The number of aryl methyl sites for hydroxylation is 2. The van der Waals surface area contributed by atoms with Gasteiger partial charge in [0, 0.05) is 13.6 Å². The molecule has 2 N–H and O–H groups in total. The second-order valence-electron chi connectivity index (χ2n) is 5.83. The van der Waals surface area contributed by atoms with E-state index >= 15 is 0 Å². The van der Waals surface area contributed by atoms with Crippen molar-refractivity contribution in [3.63, 3.8) is 0 Å². The SMILES string of the molecule is CN=C(NCc1coc(-c2cccs2)n1)NCc1ccc(C)cc1C. The van der Waals surface area contributed by atoms with Crippen LogP contribution in [0.3, 0.4) is 0 Å². The summed E-state index contributed by atoms with van der Waals surface area (Å²) < 4.78 is 5.53. The van der Waals surface area contributed by atoms with Gasteiger partial charge >= 0.3 is 0 Å². The van der Waals surface area contributed by atoms with E-state index in [-0.39, 0.29) is 0 Å². The molecule has 3 aromatic rings. The summed E-state index contributed by atoms with van der Waals surface area (Å²) in [6.07, 6.45) is 1.68. The van der Waals surface area contributed by atoms with Crippen LogP contribution in [0, 0.1) is 13.8 Å². The van der Waals surface area contributed by atoms with E-state index in [1.807, 2.05) is 17.5 Å². The van der Waals surface area contributed by atoms with Crippen LogP contribution in [-0.2, 0) is 13.1 Å². The molecular formula is C19H22N4OS. The number of oxazole rings is 1. The number of guanidine groups is 1. The van der Waals surface area contributed by atoms with E-state index in [4.69, 9.17) is 4.42 Å². The molecule has 5 nitrogen and oxygen atoms in total. The van der Waals surface area contributed by atoms with Crippen LogP contribution in [0.25, 0.3) is 10.8 Å². The highest BCUT2D eigenvalue weighted by atomic mass is 32.1. The number of hydrogen-bond donors (Lipinski definition) is 2. The molecule has 0 radical (unpaired) electrons. The van der Waals surface area contributed by atoms with Crippen LogP contribution in [-0.4, -0.2) is 18.0 Å². The summed E-state index contributed by atoms with van der Waals surface area (Å²) in [5.41, 5.74) is 4.66. The molecule has 3 rings (SSSR count). The molecular weight excluding hydrogens is 332 g/mol. The topological polar surface area (TPSA) is 62.5 Å². The molecule has 0 saturated heterocycles. The molecule has 2 heterocycles. The number of rotatable bonds is 5. The lowest BCUT2D eigenvalue weighted by Gasteiger charge is -2.12. The van der Waals surface area contributed by atoms with Gasteiger partial charge in [0.2, 0.25) is 5.89 Å². The number of hydrogen-bond acceptors (Lipinski definition) is 4. The van der Waals surface area contributed by atoms with Crippen LogP contribution >= 0.6 is 11.3 Å². The Morgan fingerprint density at radius 1 is 1.20 bits per heavy atom. The molecule has 6 heteroatoms. The first-order valence-corrected chi connectivity index (χ1v) is 9.02. The van der Waals surface area contributed by atoms with Crippen molar-refractivity contribution in [2.75, 3.05) is 7.05 Å². The van der Waals surface area contributed by atoms with Crippen LogP contribution in [0.4, 0.5) is 0 Å².